The number of ether oxygens (including phenoxy) is 2. The molecule has 2 N–H and O–H groups in total. The van der Waals surface area contributed by atoms with Crippen molar-refractivity contribution in [1.29, 1.82) is 0 Å². The number of cyclic esters (lactones) is 4. The first kappa shape index (κ1) is 10.3. The highest BCUT2D eigenvalue weighted by molar-refractivity contribution is 6.46. The van der Waals surface area contributed by atoms with E-state index in [4.69, 9.17) is 5.73 Å². The Morgan fingerprint density at radius 2 is 1.21 bits per heavy atom. The van der Waals surface area contributed by atoms with Crippen LogP contribution in [0, 0.1) is 5.41 Å². The van der Waals surface area contributed by atoms with Crippen molar-refractivity contribution in [3.63, 3.8) is 0 Å². The quantitative estimate of drug-likeness (QED) is 0.360. The van der Waals surface area contributed by atoms with Gasteiger partial charge in [-0.15, -0.1) is 0 Å². The molecule has 0 amide bonds. The van der Waals surface area contributed by atoms with Gasteiger partial charge < -0.3 is 15.2 Å². The lowest BCUT2D eigenvalue weighted by Gasteiger charge is -2.36. The molecular weight excluding hydrogens is 194 g/mol. The molecule has 2 aliphatic heterocycles. The molecule has 0 atom stereocenters. The van der Waals surface area contributed by atoms with Crippen LogP contribution in [0.4, 0.5) is 0 Å². The van der Waals surface area contributed by atoms with E-state index < -0.39 is 29.3 Å². The Morgan fingerprint density at radius 3 is 1.29 bits per heavy atom. The standard InChI is InChI=1S/C5O6.C2H7N/c6-1-5(2(7)10-1)3(8)11-4(5)9;1-2-3/h;2-3H2,1H3. The number of esters is 4. The summed E-state index contributed by atoms with van der Waals surface area (Å²) in [7, 11) is 0. The van der Waals surface area contributed by atoms with Crippen LogP contribution in [0.1, 0.15) is 6.92 Å². The molecule has 1 spiro atoms. The van der Waals surface area contributed by atoms with E-state index in [0.717, 1.165) is 6.54 Å². The second-order valence-corrected chi connectivity index (χ2v) is 2.51. The summed E-state index contributed by atoms with van der Waals surface area (Å²) < 4.78 is 7.68. The normalized spacial score (nSPS) is 21.3. The molecule has 0 aliphatic carbocycles. The zero-order chi connectivity index (χ0) is 10.9. The van der Waals surface area contributed by atoms with Crippen molar-refractivity contribution in [3.8, 4) is 0 Å². The van der Waals surface area contributed by atoms with Gasteiger partial charge in [-0.3, -0.25) is 0 Å². The molecule has 0 radical (unpaired) electrons. The van der Waals surface area contributed by atoms with Crippen molar-refractivity contribution in [2.24, 2.45) is 11.1 Å². The fraction of sp³-hybridized carbons (Fsp3) is 0.429. The van der Waals surface area contributed by atoms with Gasteiger partial charge in [0, 0.05) is 0 Å². The molecule has 0 aromatic heterocycles. The minimum Gasteiger partial charge on any atom is -0.390 e. The Hall–Kier alpha value is -1.76. The molecule has 0 unspecified atom stereocenters. The second-order valence-electron chi connectivity index (χ2n) is 2.51. The van der Waals surface area contributed by atoms with Gasteiger partial charge in [-0.2, -0.15) is 0 Å². The van der Waals surface area contributed by atoms with Crippen LogP contribution in [0.25, 0.3) is 0 Å². The summed E-state index contributed by atoms with van der Waals surface area (Å²) in [5.74, 6) is -4.54. The number of rotatable bonds is 0. The molecule has 76 valence electrons. The van der Waals surface area contributed by atoms with E-state index >= 15 is 0 Å². The van der Waals surface area contributed by atoms with Crippen molar-refractivity contribution >= 4 is 23.9 Å². The molecule has 2 aliphatic rings. The number of carbonyl (C=O) groups excluding carboxylic acids is 4. The van der Waals surface area contributed by atoms with Gasteiger partial charge in [-0.25, -0.2) is 19.2 Å². The van der Waals surface area contributed by atoms with Crippen LogP contribution < -0.4 is 5.73 Å². The maximum absolute atomic E-state index is 10.5. The molecule has 2 rings (SSSR count). The highest BCUT2D eigenvalue weighted by Gasteiger charge is 2.80. The molecular formula is C7H7NO6. The van der Waals surface area contributed by atoms with Crippen LogP contribution in [0.2, 0.25) is 0 Å². The molecule has 7 nitrogen and oxygen atoms in total. The maximum Gasteiger partial charge on any atom is 0.357 e. The lowest BCUT2D eigenvalue weighted by Crippen LogP contribution is -2.71. The molecule has 14 heavy (non-hydrogen) atoms. The SMILES string of the molecule is CCN.O=C1OC(=O)C12C(=O)OC2=O. The number of nitrogens with two attached hydrogens (primary N) is 1. The van der Waals surface area contributed by atoms with Crippen molar-refractivity contribution in [2.45, 2.75) is 6.92 Å². The zero-order valence-electron chi connectivity index (χ0n) is 7.23. The zero-order valence-corrected chi connectivity index (χ0v) is 7.23. The monoisotopic (exact) mass is 201 g/mol. The van der Waals surface area contributed by atoms with Gasteiger partial charge >= 0.3 is 29.3 Å². The summed E-state index contributed by atoms with van der Waals surface area (Å²) in [4.78, 5) is 42.0. The summed E-state index contributed by atoms with van der Waals surface area (Å²) in [6.45, 7) is 2.65. The van der Waals surface area contributed by atoms with Crippen molar-refractivity contribution in [3.05, 3.63) is 0 Å². The Kier molecular flexibility index (Phi) is 2.35. The highest BCUT2D eigenvalue weighted by Crippen LogP contribution is 2.40. The van der Waals surface area contributed by atoms with Crippen molar-refractivity contribution in [1.82, 2.24) is 0 Å². The average molecular weight is 201 g/mol. The molecule has 2 heterocycles. The van der Waals surface area contributed by atoms with E-state index in [2.05, 4.69) is 9.47 Å². The smallest absolute Gasteiger partial charge is 0.357 e. The third-order valence-corrected chi connectivity index (χ3v) is 1.60. The molecule has 7 heteroatoms. The topological polar surface area (TPSA) is 113 Å². The molecule has 2 fully saturated rings. The Balaban J connectivity index is 0.000000293. The summed E-state index contributed by atoms with van der Waals surface area (Å²) in [5.41, 5.74) is 2.62. The lowest BCUT2D eigenvalue weighted by molar-refractivity contribution is -0.223. The average Bonchev–Trinajstić information content (AvgIpc) is 2.04. The van der Waals surface area contributed by atoms with Crippen LogP contribution in [0.3, 0.4) is 0 Å². The van der Waals surface area contributed by atoms with E-state index in [0.29, 0.717) is 0 Å². The summed E-state index contributed by atoms with van der Waals surface area (Å²) in [6, 6.07) is 0. The highest BCUT2D eigenvalue weighted by atomic mass is 16.7. The fourth-order valence-electron chi connectivity index (χ4n) is 0.882. The van der Waals surface area contributed by atoms with Gasteiger partial charge in [0.05, 0.1) is 0 Å². The first-order chi connectivity index (χ1) is 6.51. The van der Waals surface area contributed by atoms with Gasteiger partial charge in [-0.05, 0) is 6.54 Å². The lowest BCUT2D eigenvalue weighted by atomic mass is 9.80. The first-order valence-corrected chi connectivity index (χ1v) is 3.75. The van der Waals surface area contributed by atoms with Crippen LogP contribution in [0.15, 0.2) is 0 Å². The van der Waals surface area contributed by atoms with Gasteiger partial charge in [0.2, 0.25) is 0 Å². The summed E-state index contributed by atoms with van der Waals surface area (Å²) in [5, 5.41) is 0. The van der Waals surface area contributed by atoms with E-state index in [1.165, 1.54) is 0 Å². The predicted molar refractivity (Wildman–Crippen MR) is 39.4 cm³/mol. The minimum absolute atomic E-state index is 0.750. The number of hydrogen-bond acceptors (Lipinski definition) is 7. The molecule has 0 aromatic carbocycles. The van der Waals surface area contributed by atoms with E-state index in [1.54, 1.807) is 0 Å². The number of carbonyl (C=O) groups is 4. The van der Waals surface area contributed by atoms with Crippen LogP contribution in [-0.2, 0) is 28.7 Å². The molecule has 0 bridgehead atoms. The van der Waals surface area contributed by atoms with Gasteiger partial charge in [-0.1, -0.05) is 6.92 Å². The van der Waals surface area contributed by atoms with Gasteiger partial charge in [0.25, 0.3) is 0 Å². The Bertz CT molecular complexity index is 270. The van der Waals surface area contributed by atoms with Crippen molar-refractivity contribution < 1.29 is 28.7 Å². The van der Waals surface area contributed by atoms with Crippen LogP contribution in [-0.4, -0.2) is 30.4 Å². The van der Waals surface area contributed by atoms with Crippen LogP contribution in [0.5, 0.6) is 0 Å². The van der Waals surface area contributed by atoms with Crippen molar-refractivity contribution in [2.75, 3.05) is 6.54 Å². The third-order valence-electron chi connectivity index (χ3n) is 1.60. The second kappa shape index (κ2) is 3.18. The molecule has 0 saturated carbocycles. The summed E-state index contributed by atoms with van der Waals surface area (Å²) >= 11 is 0. The van der Waals surface area contributed by atoms with E-state index in [-0.39, 0.29) is 0 Å². The summed E-state index contributed by atoms with van der Waals surface area (Å²) in [6.07, 6.45) is 0. The van der Waals surface area contributed by atoms with E-state index in [9.17, 15) is 19.2 Å². The third kappa shape index (κ3) is 0.956. The molecule has 2 saturated heterocycles. The van der Waals surface area contributed by atoms with Crippen LogP contribution >= 0.6 is 0 Å². The Morgan fingerprint density at radius 1 is 1.00 bits per heavy atom. The minimum atomic E-state index is -2.22. The maximum atomic E-state index is 10.5. The largest absolute Gasteiger partial charge is 0.390 e. The Labute approximate surface area is 78.1 Å². The van der Waals surface area contributed by atoms with Gasteiger partial charge in [0.15, 0.2) is 0 Å². The predicted octanol–water partition coefficient (Wildman–Crippen LogP) is -1.90. The molecule has 0 aromatic rings. The number of hydrogen-bond donors (Lipinski definition) is 1. The first-order valence-electron chi connectivity index (χ1n) is 3.75. The van der Waals surface area contributed by atoms with Gasteiger partial charge in [0.1, 0.15) is 0 Å². The van der Waals surface area contributed by atoms with E-state index in [1.807, 2.05) is 6.92 Å². The fourth-order valence-corrected chi connectivity index (χ4v) is 0.882.